The fourth-order valence-corrected chi connectivity index (χ4v) is 2.77. The van der Waals surface area contributed by atoms with Crippen LogP contribution >= 0.6 is 11.3 Å². The normalized spacial score (nSPS) is 10.9. The second kappa shape index (κ2) is 5.27. The van der Waals surface area contributed by atoms with E-state index in [1.54, 1.807) is 0 Å². The summed E-state index contributed by atoms with van der Waals surface area (Å²) in [6.07, 6.45) is 6.23. The van der Waals surface area contributed by atoms with Gasteiger partial charge in [0.15, 0.2) is 0 Å². The average Bonchev–Trinajstić information content (AvgIpc) is 2.88. The Bertz CT molecular complexity index is 431. The first kappa shape index (κ1) is 11.4. The number of aromatic amines is 1. The molecular formula is C12H17N3S. The van der Waals surface area contributed by atoms with E-state index >= 15 is 0 Å². The maximum atomic E-state index is 4.61. The number of hydrogen-bond donors (Lipinski definition) is 2. The zero-order chi connectivity index (χ0) is 11.4. The highest BCUT2D eigenvalue weighted by atomic mass is 32.1. The van der Waals surface area contributed by atoms with E-state index in [0.717, 1.165) is 18.0 Å². The molecule has 0 radical (unpaired) electrons. The van der Waals surface area contributed by atoms with Crippen LogP contribution in [0.4, 0.5) is 0 Å². The molecule has 0 atom stereocenters. The van der Waals surface area contributed by atoms with Crippen LogP contribution in [0.1, 0.15) is 17.0 Å². The van der Waals surface area contributed by atoms with E-state index in [4.69, 9.17) is 0 Å². The lowest BCUT2D eigenvalue weighted by Crippen LogP contribution is -2.08. The third kappa shape index (κ3) is 2.51. The minimum atomic E-state index is 1.07. The van der Waals surface area contributed by atoms with Crippen molar-refractivity contribution in [1.29, 1.82) is 0 Å². The van der Waals surface area contributed by atoms with Crippen LogP contribution in [-0.4, -0.2) is 23.6 Å². The lowest BCUT2D eigenvalue weighted by atomic mass is 10.2. The number of hydrogen-bond acceptors (Lipinski definition) is 3. The molecule has 2 rings (SSSR count). The van der Waals surface area contributed by atoms with E-state index in [1.165, 1.54) is 22.6 Å². The molecule has 2 N–H and O–H groups in total. The summed E-state index contributed by atoms with van der Waals surface area (Å²) in [7, 11) is 1.99. The number of rotatable bonds is 5. The van der Waals surface area contributed by atoms with Crippen LogP contribution in [0.15, 0.2) is 18.5 Å². The molecule has 0 aromatic carbocycles. The van der Waals surface area contributed by atoms with Crippen LogP contribution in [0.3, 0.4) is 0 Å². The van der Waals surface area contributed by atoms with Gasteiger partial charge in [-0.2, -0.15) is 0 Å². The Morgan fingerprint density at radius 1 is 1.50 bits per heavy atom. The quantitative estimate of drug-likeness (QED) is 0.782. The van der Waals surface area contributed by atoms with E-state index in [-0.39, 0.29) is 0 Å². The molecule has 16 heavy (non-hydrogen) atoms. The minimum Gasteiger partial charge on any atom is -0.367 e. The van der Waals surface area contributed by atoms with Crippen molar-refractivity contribution >= 4 is 11.3 Å². The zero-order valence-electron chi connectivity index (χ0n) is 9.71. The molecule has 2 heterocycles. The van der Waals surface area contributed by atoms with Gasteiger partial charge >= 0.3 is 0 Å². The summed E-state index contributed by atoms with van der Waals surface area (Å²) in [5.74, 6) is 0. The number of nitrogens with one attached hydrogen (secondary N) is 2. The number of aromatic nitrogens is 2. The molecule has 0 saturated carbocycles. The SMILES string of the molecule is CNCCCc1sc(-c2cc[nH]c2)nc1C. The molecule has 3 nitrogen and oxygen atoms in total. The van der Waals surface area contributed by atoms with Crippen molar-refractivity contribution in [3.05, 3.63) is 29.0 Å². The van der Waals surface area contributed by atoms with Gasteiger partial charge < -0.3 is 10.3 Å². The van der Waals surface area contributed by atoms with Crippen molar-refractivity contribution < 1.29 is 0 Å². The van der Waals surface area contributed by atoms with Crippen LogP contribution in [0.25, 0.3) is 10.6 Å². The molecule has 0 bridgehead atoms. The molecule has 0 unspecified atom stereocenters. The first-order valence-electron chi connectivity index (χ1n) is 5.55. The van der Waals surface area contributed by atoms with Gasteiger partial charge in [-0.1, -0.05) is 0 Å². The van der Waals surface area contributed by atoms with Crippen LogP contribution < -0.4 is 5.32 Å². The number of thiazole rings is 1. The molecule has 2 aromatic rings. The largest absolute Gasteiger partial charge is 0.367 e. The lowest BCUT2D eigenvalue weighted by Gasteiger charge is -1.97. The van der Waals surface area contributed by atoms with Crippen molar-refractivity contribution in [2.45, 2.75) is 19.8 Å². The summed E-state index contributed by atoms with van der Waals surface area (Å²) in [6, 6.07) is 2.07. The molecule has 2 aromatic heterocycles. The standard InChI is InChI=1S/C12H17N3S/c1-9-11(4-3-6-13-2)16-12(15-9)10-5-7-14-8-10/h5,7-8,13-14H,3-4,6H2,1-2H3. The maximum absolute atomic E-state index is 4.61. The molecule has 0 amide bonds. The first-order chi connectivity index (χ1) is 7.81. The Hall–Kier alpha value is -1.13. The van der Waals surface area contributed by atoms with Crippen LogP contribution in [0, 0.1) is 6.92 Å². The summed E-state index contributed by atoms with van der Waals surface area (Å²) in [4.78, 5) is 9.08. The molecular weight excluding hydrogens is 218 g/mol. The average molecular weight is 235 g/mol. The van der Waals surface area contributed by atoms with Crippen molar-refractivity contribution in [1.82, 2.24) is 15.3 Å². The highest BCUT2D eigenvalue weighted by molar-refractivity contribution is 7.15. The number of aryl methyl sites for hydroxylation is 2. The number of nitrogens with zero attached hydrogens (tertiary/aromatic N) is 1. The lowest BCUT2D eigenvalue weighted by molar-refractivity contribution is 0.727. The Morgan fingerprint density at radius 2 is 2.38 bits per heavy atom. The van der Waals surface area contributed by atoms with Gasteiger partial charge in [-0.3, -0.25) is 0 Å². The third-order valence-electron chi connectivity index (χ3n) is 2.57. The maximum Gasteiger partial charge on any atom is 0.125 e. The summed E-state index contributed by atoms with van der Waals surface area (Å²) in [5, 5.41) is 4.29. The van der Waals surface area contributed by atoms with Crippen LogP contribution in [0.2, 0.25) is 0 Å². The highest BCUT2D eigenvalue weighted by Gasteiger charge is 2.08. The molecule has 0 aliphatic heterocycles. The van der Waals surface area contributed by atoms with Gasteiger partial charge in [0.05, 0.1) is 5.69 Å². The second-order valence-electron chi connectivity index (χ2n) is 3.83. The van der Waals surface area contributed by atoms with Gasteiger partial charge in [0, 0.05) is 22.8 Å². The van der Waals surface area contributed by atoms with Gasteiger partial charge in [0.1, 0.15) is 5.01 Å². The monoisotopic (exact) mass is 235 g/mol. The summed E-state index contributed by atoms with van der Waals surface area (Å²) < 4.78 is 0. The van der Waals surface area contributed by atoms with Crippen molar-refractivity contribution in [3.8, 4) is 10.6 Å². The van der Waals surface area contributed by atoms with Crippen LogP contribution in [0.5, 0.6) is 0 Å². The van der Waals surface area contributed by atoms with Crippen molar-refractivity contribution in [3.63, 3.8) is 0 Å². The van der Waals surface area contributed by atoms with E-state index in [0.29, 0.717) is 0 Å². The molecule has 0 spiro atoms. The Morgan fingerprint density at radius 3 is 3.06 bits per heavy atom. The highest BCUT2D eigenvalue weighted by Crippen LogP contribution is 2.28. The Balaban J connectivity index is 2.10. The Kier molecular flexibility index (Phi) is 3.74. The predicted octanol–water partition coefficient (Wildman–Crippen LogP) is 2.60. The predicted molar refractivity (Wildman–Crippen MR) is 68.9 cm³/mol. The first-order valence-corrected chi connectivity index (χ1v) is 6.37. The van der Waals surface area contributed by atoms with Gasteiger partial charge in [0.2, 0.25) is 0 Å². The van der Waals surface area contributed by atoms with Crippen molar-refractivity contribution in [2.24, 2.45) is 0 Å². The fourth-order valence-electron chi connectivity index (χ4n) is 1.67. The van der Waals surface area contributed by atoms with Gasteiger partial charge in [-0.15, -0.1) is 11.3 Å². The van der Waals surface area contributed by atoms with Gasteiger partial charge in [0.25, 0.3) is 0 Å². The summed E-state index contributed by atoms with van der Waals surface area (Å²) in [6.45, 7) is 3.16. The third-order valence-corrected chi connectivity index (χ3v) is 3.83. The minimum absolute atomic E-state index is 1.07. The van der Waals surface area contributed by atoms with Gasteiger partial charge in [-0.05, 0) is 39.4 Å². The number of H-pyrrole nitrogens is 1. The zero-order valence-corrected chi connectivity index (χ0v) is 10.5. The smallest absolute Gasteiger partial charge is 0.125 e. The molecule has 86 valence electrons. The summed E-state index contributed by atoms with van der Waals surface area (Å²) in [5.41, 5.74) is 2.37. The van der Waals surface area contributed by atoms with E-state index in [1.807, 2.05) is 30.8 Å². The van der Waals surface area contributed by atoms with Crippen LogP contribution in [-0.2, 0) is 6.42 Å². The fraction of sp³-hybridized carbons (Fsp3) is 0.417. The van der Waals surface area contributed by atoms with E-state index < -0.39 is 0 Å². The molecule has 0 saturated heterocycles. The van der Waals surface area contributed by atoms with Crippen molar-refractivity contribution in [2.75, 3.05) is 13.6 Å². The summed E-state index contributed by atoms with van der Waals surface area (Å²) >= 11 is 1.81. The molecule has 0 aliphatic carbocycles. The topological polar surface area (TPSA) is 40.7 Å². The molecule has 0 aliphatic rings. The van der Waals surface area contributed by atoms with E-state index in [9.17, 15) is 0 Å². The molecule has 4 heteroatoms. The second-order valence-corrected chi connectivity index (χ2v) is 4.92. The van der Waals surface area contributed by atoms with E-state index in [2.05, 4.69) is 28.3 Å². The van der Waals surface area contributed by atoms with Gasteiger partial charge in [-0.25, -0.2) is 4.98 Å². The Labute approximate surface area is 99.9 Å². The molecule has 0 fully saturated rings.